The van der Waals surface area contributed by atoms with Gasteiger partial charge in [0.25, 0.3) is 0 Å². The first kappa shape index (κ1) is 13.2. The molecule has 7 nitrogen and oxygen atoms in total. The highest BCUT2D eigenvalue weighted by Crippen LogP contribution is 2.32. The predicted octanol–water partition coefficient (Wildman–Crippen LogP) is 0.649. The molecule has 0 aromatic carbocycles. The number of hydrogen-bond donors (Lipinski definition) is 1. The Bertz CT molecular complexity index is 589. The van der Waals surface area contributed by atoms with Gasteiger partial charge in [-0.15, -0.1) is 0 Å². The minimum absolute atomic E-state index is 0.0726. The van der Waals surface area contributed by atoms with E-state index in [4.69, 9.17) is 10.00 Å². The molecule has 19 heavy (non-hydrogen) atoms. The van der Waals surface area contributed by atoms with Crippen molar-refractivity contribution in [1.29, 1.82) is 5.26 Å². The number of hydrogen-bond acceptors (Lipinski definition) is 5. The minimum Gasteiger partial charge on any atom is -0.353 e. The van der Waals surface area contributed by atoms with E-state index >= 15 is 0 Å². The smallest absolute Gasteiger partial charge is 0.351 e. The van der Waals surface area contributed by atoms with Crippen molar-refractivity contribution >= 4 is 11.7 Å². The van der Waals surface area contributed by atoms with Gasteiger partial charge in [0.05, 0.1) is 18.1 Å². The molecule has 1 saturated heterocycles. The monoisotopic (exact) mass is 262 g/mol. The number of ether oxygens (including phenoxy) is 1. The Hall–Kier alpha value is -2.20. The topological polar surface area (TPSA) is 97.0 Å². The summed E-state index contributed by atoms with van der Waals surface area (Å²) in [7, 11) is 0. The second-order valence-corrected chi connectivity index (χ2v) is 4.49. The van der Waals surface area contributed by atoms with Gasteiger partial charge in [-0.25, -0.2) is 4.79 Å². The first-order chi connectivity index (χ1) is 9.01. The fraction of sp³-hybridized carbons (Fsp3) is 0.500. The summed E-state index contributed by atoms with van der Waals surface area (Å²) in [6.07, 6.45) is 1.37. The number of aromatic nitrogens is 2. The van der Waals surface area contributed by atoms with Crippen molar-refractivity contribution < 1.29 is 9.53 Å². The van der Waals surface area contributed by atoms with Crippen LogP contribution in [0.3, 0.4) is 0 Å². The summed E-state index contributed by atoms with van der Waals surface area (Å²) in [4.78, 5) is 26.5. The van der Waals surface area contributed by atoms with E-state index < -0.39 is 11.9 Å². The van der Waals surface area contributed by atoms with Crippen molar-refractivity contribution in [2.75, 3.05) is 5.32 Å². The molecule has 0 unspecified atom stereocenters. The molecule has 7 heteroatoms. The van der Waals surface area contributed by atoms with E-state index in [9.17, 15) is 9.59 Å². The zero-order valence-corrected chi connectivity index (χ0v) is 10.7. The summed E-state index contributed by atoms with van der Waals surface area (Å²) >= 11 is 0. The molecule has 100 valence electrons. The highest BCUT2D eigenvalue weighted by Gasteiger charge is 2.35. The maximum absolute atomic E-state index is 11.9. The normalized spacial score (nSPS) is 25.8. The van der Waals surface area contributed by atoms with Gasteiger partial charge in [0, 0.05) is 13.1 Å². The Kier molecular flexibility index (Phi) is 3.62. The zero-order valence-electron chi connectivity index (χ0n) is 10.7. The number of carbonyl (C=O) groups is 1. The zero-order chi connectivity index (χ0) is 14.0. The van der Waals surface area contributed by atoms with Crippen LogP contribution in [0.25, 0.3) is 0 Å². The van der Waals surface area contributed by atoms with Crippen LogP contribution < -0.4 is 11.0 Å². The number of carbonyl (C=O) groups excluding carboxylic acids is 1. The average Bonchev–Trinajstić information content (AvgIpc) is 2.69. The average molecular weight is 262 g/mol. The van der Waals surface area contributed by atoms with Crippen molar-refractivity contribution in [2.24, 2.45) is 5.92 Å². The van der Waals surface area contributed by atoms with Gasteiger partial charge in [-0.05, 0) is 19.4 Å². The first-order valence-electron chi connectivity index (χ1n) is 5.93. The van der Waals surface area contributed by atoms with Crippen LogP contribution in [-0.2, 0) is 9.53 Å². The lowest BCUT2D eigenvalue weighted by molar-refractivity contribution is -0.114. The molecular weight excluding hydrogens is 248 g/mol. The van der Waals surface area contributed by atoms with Crippen molar-refractivity contribution in [2.45, 2.75) is 32.6 Å². The first-order valence-corrected chi connectivity index (χ1v) is 5.93. The van der Waals surface area contributed by atoms with Crippen LogP contribution in [0.4, 0.5) is 5.82 Å². The molecule has 0 aliphatic carbocycles. The molecule has 1 fully saturated rings. The predicted molar refractivity (Wildman–Crippen MR) is 66.1 cm³/mol. The number of nitriles is 1. The minimum atomic E-state index is -0.619. The van der Waals surface area contributed by atoms with E-state index in [1.807, 2.05) is 6.92 Å². The maximum Gasteiger partial charge on any atom is 0.351 e. The van der Waals surface area contributed by atoms with Gasteiger partial charge in [0.15, 0.2) is 6.23 Å². The molecule has 0 saturated carbocycles. The molecule has 0 spiro atoms. The second kappa shape index (κ2) is 5.20. The van der Waals surface area contributed by atoms with Gasteiger partial charge in [0.2, 0.25) is 5.91 Å². The van der Waals surface area contributed by atoms with Gasteiger partial charge in [-0.2, -0.15) is 10.2 Å². The third-order valence-corrected chi connectivity index (χ3v) is 2.88. The lowest BCUT2D eigenvalue weighted by Crippen LogP contribution is -2.30. The Labute approximate surface area is 109 Å². The standard InChI is InChI=1S/C12H14N4O3/c1-7-5-9(6-13)11(19-7)16-4-3-10(14-8(2)17)15-12(16)18/h3-4,7,9,11H,5H2,1-2H3,(H,14,15,17,18)/t7-,9-,11-/m1/s1. The highest BCUT2D eigenvalue weighted by molar-refractivity contribution is 5.87. The largest absolute Gasteiger partial charge is 0.353 e. The van der Waals surface area contributed by atoms with Crippen LogP contribution in [0.15, 0.2) is 17.1 Å². The molecule has 2 rings (SSSR count). The number of anilines is 1. The molecule has 2 heterocycles. The Morgan fingerprint density at radius 2 is 2.42 bits per heavy atom. The molecule has 1 aromatic rings. The van der Waals surface area contributed by atoms with Crippen molar-refractivity contribution in [1.82, 2.24) is 9.55 Å². The van der Waals surface area contributed by atoms with E-state index in [0.717, 1.165) is 0 Å². The van der Waals surface area contributed by atoms with Gasteiger partial charge in [-0.1, -0.05) is 0 Å². The number of nitrogens with zero attached hydrogens (tertiary/aromatic N) is 3. The molecule has 3 atom stereocenters. The van der Waals surface area contributed by atoms with Gasteiger partial charge < -0.3 is 10.1 Å². The summed E-state index contributed by atoms with van der Waals surface area (Å²) in [5.41, 5.74) is -0.550. The Morgan fingerprint density at radius 1 is 1.68 bits per heavy atom. The van der Waals surface area contributed by atoms with E-state index in [-0.39, 0.29) is 23.7 Å². The second-order valence-electron chi connectivity index (χ2n) is 4.49. The van der Waals surface area contributed by atoms with Crippen LogP contribution in [0.5, 0.6) is 0 Å². The summed E-state index contributed by atoms with van der Waals surface area (Å²) < 4.78 is 6.85. The van der Waals surface area contributed by atoms with Crippen LogP contribution >= 0.6 is 0 Å². The van der Waals surface area contributed by atoms with E-state index in [1.165, 1.54) is 23.8 Å². The summed E-state index contributed by atoms with van der Waals surface area (Å²) in [6, 6.07) is 3.64. The molecule has 1 aliphatic rings. The summed E-state index contributed by atoms with van der Waals surface area (Å²) in [6.45, 7) is 3.19. The molecule has 0 radical (unpaired) electrons. The van der Waals surface area contributed by atoms with Gasteiger partial charge in [0.1, 0.15) is 5.82 Å². The molecule has 1 aromatic heterocycles. The molecule has 0 bridgehead atoms. The Morgan fingerprint density at radius 3 is 3.00 bits per heavy atom. The Balaban J connectivity index is 2.29. The van der Waals surface area contributed by atoms with Crippen molar-refractivity contribution in [3.8, 4) is 6.07 Å². The maximum atomic E-state index is 11.9. The molecule has 1 amide bonds. The quantitative estimate of drug-likeness (QED) is 0.843. The van der Waals surface area contributed by atoms with Crippen molar-refractivity contribution in [3.63, 3.8) is 0 Å². The van der Waals surface area contributed by atoms with Crippen LogP contribution in [0, 0.1) is 17.2 Å². The summed E-state index contributed by atoms with van der Waals surface area (Å²) in [5, 5.41) is 11.5. The lowest BCUT2D eigenvalue weighted by Gasteiger charge is -2.16. The van der Waals surface area contributed by atoms with Crippen LogP contribution in [-0.4, -0.2) is 21.6 Å². The molecular formula is C12H14N4O3. The number of rotatable bonds is 2. The third-order valence-electron chi connectivity index (χ3n) is 2.88. The van der Waals surface area contributed by atoms with Crippen LogP contribution in [0.1, 0.15) is 26.5 Å². The lowest BCUT2D eigenvalue weighted by atomic mass is 10.1. The number of amides is 1. The van der Waals surface area contributed by atoms with E-state index in [1.54, 1.807) is 0 Å². The highest BCUT2D eigenvalue weighted by atomic mass is 16.5. The van der Waals surface area contributed by atoms with Gasteiger partial charge >= 0.3 is 5.69 Å². The van der Waals surface area contributed by atoms with E-state index in [0.29, 0.717) is 6.42 Å². The fourth-order valence-electron chi connectivity index (χ4n) is 2.09. The third kappa shape index (κ3) is 2.80. The van der Waals surface area contributed by atoms with Crippen LogP contribution in [0.2, 0.25) is 0 Å². The number of nitrogens with one attached hydrogen (secondary N) is 1. The molecule has 1 aliphatic heterocycles. The summed E-state index contributed by atoms with van der Waals surface area (Å²) in [5.74, 6) is -0.486. The fourth-order valence-corrected chi connectivity index (χ4v) is 2.09. The van der Waals surface area contributed by atoms with Crippen molar-refractivity contribution in [3.05, 3.63) is 22.7 Å². The SMILES string of the molecule is CC(=O)Nc1ccn([C@@H]2O[C@H](C)C[C@@H]2C#N)c(=O)n1. The molecule has 1 N–H and O–H groups in total. The van der Waals surface area contributed by atoms with Gasteiger partial charge in [-0.3, -0.25) is 9.36 Å². The van der Waals surface area contributed by atoms with E-state index in [2.05, 4.69) is 16.4 Å².